The highest BCUT2D eigenvalue weighted by Gasteiger charge is 2.22. The predicted molar refractivity (Wildman–Crippen MR) is 110 cm³/mol. The van der Waals surface area contributed by atoms with E-state index >= 15 is 0 Å². The molecule has 0 saturated carbocycles. The number of thioether (sulfide) groups is 1. The minimum absolute atomic E-state index is 0.277. The van der Waals surface area contributed by atoms with Crippen molar-refractivity contribution in [1.82, 2.24) is 14.9 Å². The Hall–Kier alpha value is -2.84. The maximum atomic E-state index is 13.2. The second-order valence-electron chi connectivity index (χ2n) is 6.05. The Morgan fingerprint density at radius 1 is 1.21 bits per heavy atom. The van der Waals surface area contributed by atoms with Crippen LogP contribution in [-0.2, 0) is 4.79 Å². The first-order valence-electron chi connectivity index (χ1n) is 8.34. The number of urea groups is 1. The van der Waals surface area contributed by atoms with Gasteiger partial charge in [-0.2, -0.15) is 0 Å². The van der Waals surface area contributed by atoms with Crippen molar-refractivity contribution in [3.05, 3.63) is 63.4 Å². The van der Waals surface area contributed by atoms with E-state index in [-0.39, 0.29) is 5.56 Å². The number of carbonyl (C=O) groups is 2. The standard InChI is InChI=1S/C19H17ClN4O3S/c1-10-13(20)7-5-9-15(10)24-17(26)12-6-3-4-8-14(12)22-19(24)28-11(2)16(25)23-18(21)27/h3-9,11H,1-2H3,(H3,21,23,25,27). The topological polar surface area (TPSA) is 107 Å². The van der Waals surface area contributed by atoms with Crippen LogP contribution in [0, 0.1) is 6.92 Å². The molecule has 9 heteroatoms. The van der Waals surface area contributed by atoms with Crippen LogP contribution in [0.5, 0.6) is 0 Å². The molecule has 2 aromatic carbocycles. The summed E-state index contributed by atoms with van der Waals surface area (Å²) in [5, 5.41) is 2.58. The number of primary amides is 1. The lowest BCUT2D eigenvalue weighted by atomic mass is 10.2. The Morgan fingerprint density at radius 3 is 2.64 bits per heavy atom. The summed E-state index contributed by atoms with van der Waals surface area (Å²) in [6.45, 7) is 3.40. The molecule has 1 aromatic heterocycles. The number of hydrogen-bond donors (Lipinski definition) is 2. The highest BCUT2D eigenvalue weighted by atomic mass is 35.5. The Morgan fingerprint density at radius 2 is 1.93 bits per heavy atom. The van der Waals surface area contributed by atoms with Gasteiger partial charge in [0.15, 0.2) is 5.16 Å². The average molecular weight is 417 g/mol. The maximum Gasteiger partial charge on any atom is 0.318 e. The van der Waals surface area contributed by atoms with Gasteiger partial charge in [0.2, 0.25) is 5.91 Å². The molecule has 0 aliphatic rings. The summed E-state index contributed by atoms with van der Waals surface area (Å²) in [5.41, 5.74) is 6.52. The van der Waals surface area contributed by atoms with Crippen LogP contribution in [0.4, 0.5) is 4.79 Å². The van der Waals surface area contributed by atoms with E-state index < -0.39 is 17.2 Å². The molecule has 7 nitrogen and oxygen atoms in total. The normalized spacial score (nSPS) is 12.0. The number of nitrogens with zero attached hydrogens (tertiary/aromatic N) is 2. The molecule has 1 atom stereocenters. The monoisotopic (exact) mass is 416 g/mol. The summed E-state index contributed by atoms with van der Waals surface area (Å²) in [7, 11) is 0. The molecule has 3 amide bonds. The lowest BCUT2D eigenvalue weighted by molar-refractivity contribution is -0.119. The number of amides is 3. The van der Waals surface area contributed by atoms with E-state index in [0.717, 1.165) is 11.8 Å². The number of rotatable bonds is 4. The minimum Gasteiger partial charge on any atom is -0.351 e. The molecule has 144 valence electrons. The number of para-hydroxylation sites is 1. The third-order valence-electron chi connectivity index (χ3n) is 4.12. The Balaban J connectivity index is 2.20. The summed E-state index contributed by atoms with van der Waals surface area (Å²) in [6, 6.07) is 11.3. The van der Waals surface area contributed by atoms with Crippen molar-refractivity contribution in [1.29, 1.82) is 0 Å². The van der Waals surface area contributed by atoms with E-state index in [1.165, 1.54) is 4.57 Å². The van der Waals surface area contributed by atoms with Crippen molar-refractivity contribution in [3.8, 4) is 5.69 Å². The third-order valence-corrected chi connectivity index (χ3v) is 5.58. The molecule has 0 saturated heterocycles. The quantitative estimate of drug-likeness (QED) is 0.502. The fourth-order valence-electron chi connectivity index (χ4n) is 2.68. The lowest BCUT2D eigenvalue weighted by Crippen LogP contribution is -2.39. The Kier molecular flexibility index (Phi) is 5.71. The van der Waals surface area contributed by atoms with Gasteiger partial charge in [-0.25, -0.2) is 9.78 Å². The summed E-state index contributed by atoms with van der Waals surface area (Å²) >= 11 is 7.29. The fraction of sp³-hybridized carbons (Fsp3) is 0.158. The van der Waals surface area contributed by atoms with Gasteiger partial charge in [-0.3, -0.25) is 19.5 Å². The van der Waals surface area contributed by atoms with Crippen molar-refractivity contribution >= 4 is 46.2 Å². The number of nitrogens with one attached hydrogen (secondary N) is 1. The van der Waals surface area contributed by atoms with Crippen molar-refractivity contribution in [2.24, 2.45) is 5.73 Å². The summed E-state index contributed by atoms with van der Waals surface area (Å²) in [4.78, 5) is 40.9. The molecule has 0 radical (unpaired) electrons. The molecule has 0 aliphatic heterocycles. The summed E-state index contributed by atoms with van der Waals surface area (Å²) in [5.74, 6) is -0.575. The van der Waals surface area contributed by atoms with Crippen LogP contribution in [0.3, 0.4) is 0 Å². The van der Waals surface area contributed by atoms with Gasteiger partial charge in [-0.1, -0.05) is 41.6 Å². The van der Waals surface area contributed by atoms with Crippen LogP contribution >= 0.6 is 23.4 Å². The first-order valence-corrected chi connectivity index (χ1v) is 9.59. The van der Waals surface area contributed by atoms with Gasteiger partial charge in [0, 0.05) is 5.02 Å². The minimum atomic E-state index is -0.938. The Labute approximate surface area is 169 Å². The molecule has 28 heavy (non-hydrogen) atoms. The van der Waals surface area contributed by atoms with Crippen molar-refractivity contribution < 1.29 is 9.59 Å². The third kappa shape index (κ3) is 3.88. The smallest absolute Gasteiger partial charge is 0.318 e. The number of aromatic nitrogens is 2. The van der Waals surface area contributed by atoms with Crippen LogP contribution in [0.1, 0.15) is 12.5 Å². The number of nitrogens with two attached hydrogens (primary N) is 1. The molecule has 3 N–H and O–H groups in total. The SMILES string of the molecule is Cc1c(Cl)cccc1-n1c(SC(C)C(=O)NC(N)=O)nc2ccccc2c1=O. The van der Waals surface area contributed by atoms with Crippen LogP contribution < -0.4 is 16.6 Å². The van der Waals surface area contributed by atoms with Crippen LogP contribution in [0.15, 0.2) is 52.4 Å². The zero-order valence-corrected chi connectivity index (χ0v) is 16.7. The molecule has 0 fully saturated rings. The number of benzene rings is 2. The highest BCUT2D eigenvalue weighted by molar-refractivity contribution is 8.00. The molecular formula is C19H17ClN4O3S. The van der Waals surface area contributed by atoms with E-state index in [1.54, 1.807) is 56.3 Å². The molecule has 3 aromatic rings. The van der Waals surface area contributed by atoms with Gasteiger partial charge in [0.05, 0.1) is 21.8 Å². The highest BCUT2D eigenvalue weighted by Crippen LogP contribution is 2.28. The van der Waals surface area contributed by atoms with E-state index in [4.69, 9.17) is 17.3 Å². The first-order chi connectivity index (χ1) is 13.3. The summed E-state index contributed by atoms with van der Waals surface area (Å²) < 4.78 is 1.43. The second-order valence-corrected chi connectivity index (χ2v) is 7.76. The van der Waals surface area contributed by atoms with Gasteiger partial charge in [-0.05, 0) is 43.7 Å². The molecular weight excluding hydrogens is 400 g/mol. The Bertz CT molecular complexity index is 1150. The van der Waals surface area contributed by atoms with Crippen LogP contribution in [-0.4, -0.2) is 26.7 Å². The van der Waals surface area contributed by atoms with Crippen molar-refractivity contribution in [3.63, 3.8) is 0 Å². The van der Waals surface area contributed by atoms with Gasteiger partial charge >= 0.3 is 6.03 Å². The van der Waals surface area contributed by atoms with Crippen molar-refractivity contribution in [2.45, 2.75) is 24.3 Å². The molecule has 0 spiro atoms. The zero-order valence-electron chi connectivity index (χ0n) is 15.1. The lowest BCUT2D eigenvalue weighted by Gasteiger charge is -2.17. The van der Waals surface area contributed by atoms with Crippen LogP contribution in [0.2, 0.25) is 5.02 Å². The molecule has 3 rings (SSSR count). The fourth-order valence-corrected chi connectivity index (χ4v) is 3.77. The number of carbonyl (C=O) groups excluding carboxylic acids is 2. The molecule has 1 heterocycles. The largest absolute Gasteiger partial charge is 0.351 e. The van der Waals surface area contributed by atoms with Gasteiger partial charge in [-0.15, -0.1) is 0 Å². The van der Waals surface area contributed by atoms with E-state index in [9.17, 15) is 14.4 Å². The van der Waals surface area contributed by atoms with Crippen molar-refractivity contribution in [2.75, 3.05) is 0 Å². The van der Waals surface area contributed by atoms with Crippen LogP contribution in [0.25, 0.3) is 16.6 Å². The molecule has 0 aliphatic carbocycles. The maximum absolute atomic E-state index is 13.2. The number of fused-ring (bicyclic) bond motifs is 1. The number of halogens is 1. The van der Waals surface area contributed by atoms with E-state index in [2.05, 4.69) is 4.98 Å². The molecule has 1 unspecified atom stereocenters. The first kappa shape index (κ1) is 19.9. The second kappa shape index (κ2) is 8.04. The average Bonchev–Trinajstić information content (AvgIpc) is 2.64. The number of hydrogen-bond acceptors (Lipinski definition) is 5. The van der Waals surface area contributed by atoms with Gasteiger partial charge < -0.3 is 5.73 Å². The van der Waals surface area contributed by atoms with E-state index in [1.807, 2.05) is 5.32 Å². The van der Waals surface area contributed by atoms with E-state index in [0.29, 0.717) is 32.3 Å². The predicted octanol–water partition coefficient (Wildman–Crippen LogP) is 3.02. The number of imide groups is 1. The van der Waals surface area contributed by atoms with Gasteiger partial charge in [0.25, 0.3) is 5.56 Å². The zero-order chi connectivity index (χ0) is 20.4. The summed E-state index contributed by atoms with van der Waals surface area (Å²) in [6.07, 6.45) is 0. The molecule has 0 bridgehead atoms. The van der Waals surface area contributed by atoms with Gasteiger partial charge in [0.1, 0.15) is 0 Å².